The lowest BCUT2D eigenvalue weighted by atomic mass is 10.1. The van der Waals surface area contributed by atoms with Gasteiger partial charge in [0.1, 0.15) is 11.6 Å². The highest BCUT2D eigenvalue weighted by atomic mass is 32.1. The Balaban J connectivity index is 1.02. The number of fused-ring (bicyclic) bond motifs is 1. The van der Waals surface area contributed by atoms with Crippen LogP contribution >= 0.6 is 11.5 Å². The number of amides is 1. The van der Waals surface area contributed by atoms with Crippen molar-refractivity contribution in [3.63, 3.8) is 0 Å². The summed E-state index contributed by atoms with van der Waals surface area (Å²) in [6, 6.07) is 16.2. The average Bonchev–Trinajstić information content (AvgIpc) is 3.42. The molecular weight excluding hydrogens is 420 g/mol. The number of piperazine rings is 1. The minimum absolute atomic E-state index is 0.102. The lowest BCUT2D eigenvalue weighted by Crippen LogP contribution is -2.47. The molecule has 3 aromatic rings. The van der Waals surface area contributed by atoms with Crippen LogP contribution in [0.5, 0.6) is 5.75 Å². The molecule has 0 unspecified atom stereocenters. The standard InChI is InChI=1S/C25H30N4O2S/c1-31-21-8-6-18(7-9-21)14-24(30)26-16-19-15-20(19)17-28-10-12-29(13-11-28)25-22-4-2-3-5-23(22)32-27-25/h2-9,19-20H,10-17H2,1H3,(H,26,30)/t19-,20-/m1/s1. The third-order valence-electron chi connectivity index (χ3n) is 6.68. The third kappa shape index (κ3) is 4.89. The number of benzene rings is 2. The quantitative estimate of drug-likeness (QED) is 0.570. The molecule has 168 valence electrons. The van der Waals surface area contributed by atoms with E-state index in [0.717, 1.165) is 56.4 Å². The van der Waals surface area contributed by atoms with E-state index in [0.29, 0.717) is 18.3 Å². The van der Waals surface area contributed by atoms with Crippen LogP contribution in [-0.4, -0.2) is 61.6 Å². The molecule has 32 heavy (non-hydrogen) atoms. The first-order valence-corrected chi connectivity index (χ1v) is 12.2. The number of aromatic nitrogens is 1. The Morgan fingerprint density at radius 2 is 1.88 bits per heavy atom. The van der Waals surface area contributed by atoms with Gasteiger partial charge in [-0.3, -0.25) is 9.69 Å². The Labute approximate surface area is 193 Å². The molecule has 1 saturated carbocycles. The molecule has 0 radical (unpaired) electrons. The molecular formula is C25H30N4O2S. The fourth-order valence-electron chi connectivity index (χ4n) is 4.59. The highest BCUT2D eigenvalue weighted by molar-refractivity contribution is 7.13. The van der Waals surface area contributed by atoms with Crippen LogP contribution in [0.1, 0.15) is 12.0 Å². The predicted octanol–water partition coefficient (Wildman–Crippen LogP) is 3.42. The van der Waals surface area contributed by atoms with Crippen molar-refractivity contribution >= 4 is 33.3 Å². The molecule has 1 saturated heterocycles. The molecule has 2 aromatic carbocycles. The molecule has 2 aliphatic rings. The van der Waals surface area contributed by atoms with Crippen LogP contribution in [0, 0.1) is 11.8 Å². The van der Waals surface area contributed by atoms with E-state index in [9.17, 15) is 4.79 Å². The van der Waals surface area contributed by atoms with Gasteiger partial charge in [-0.1, -0.05) is 24.3 Å². The lowest BCUT2D eigenvalue weighted by Gasteiger charge is -2.35. The van der Waals surface area contributed by atoms with E-state index in [1.54, 1.807) is 18.6 Å². The van der Waals surface area contributed by atoms with Gasteiger partial charge < -0.3 is 15.0 Å². The zero-order valence-corrected chi connectivity index (χ0v) is 19.3. The highest BCUT2D eigenvalue weighted by Crippen LogP contribution is 2.39. The number of ether oxygens (including phenoxy) is 1. The average molecular weight is 451 g/mol. The SMILES string of the molecule is COc1ccc(CC(=O)NC[C@H]2C[C@@H]2CN2CCN(c3nsc4ccccc34)CC2)cc1. The molecule has 2 fully saturated rings. The zero-order valence-electron chi connectivity index (χ0n) is 18.5. The number of rotatable bonds is 8. The molecule has 1 aliphatic carbocycles. The van der Waals surface area contributed by atoms with Crippen LogP contribution in [-0.2, 0) is 11.2 Å². The fourth-order valence-corrected chi connectivity index (χ4v) is 5.39. The number of nitrogens with one attached hydrogen (secondary N) is 1. The van der Waals surface area contributed by atoms with E-state index in [1.165, 1.54) is 16.5 Å². The molecule has 2 atom stereocenters. The van der Waals surface area contributed by atoms with Crippen LogP contribution in [0.15, 0.2) is 48.5 Å². The van der Waals surface area contributed by atoms with Gasteiger partial charge in [0.25, 0.3) is 0 Å². The molecule has 0 spiro atoms. The second-order valence-corrected chi connectivity index (χ2v) is 9.68. The zero-order chi connectivity index (χ0) is 21.9. The summed E-state index contributed by atoms with van der Waals surface area (Å²) in [6.07, 6.45) is 1.65. The molecule has 1 amide bonds. The van der Waals surface area contributed by atoms with E-state index in [2.05, 4.69) is 39.4 Å². The monoisotopic (exact) mass is 450 g/mol. The van der Waals surface area contributed by atoms with Crippen molar-refractivity contribution in [3.05, 3.63) is 54.1 Å². The summed E-state index contributed by atoms with van der Waals surface area (Å²) in [6.45, 7) is 6.17. The van der Waals surface area contributed by atoms with Crippen LogP contribution < -0.4 is 15.0 Å². The maximum absolute atomic E-state index is 12.3. The Morgan fingerprint density at radius 3 is 2.66 bits per heavy atom. The number of methoxy groups -OCH3 is 1. The Morgan fingerprint density at radius 1 is 1.09 bits per heavy atom. The van der Waals surface area contributed by atoms with Crippen molar-refractivity contribution in [2.45, 2.75) is 12.8 Å². The first kappa shape index (κ1) is 21.2. The van der Waals surface area contributed by atoms with Crippen molar-refractivity contribution in [2.75, 3.05) is 51.3 Å². The van der Waals surface area contributed by atoms with E-state index in [4.69, 9.17) is 9.11 Å². The van der Waals surface area contributed by atoms with Gasteiger partial charge in [0.2, 0.25) is 5.91 Å². The van der Waals surface area contributed by atoms with Gasteiger partial charge in [-0.05, 0) is 59.6 Å². The minimum atomic E-state index is 0.102. The van der Waals surface area contributed by atoms with Gasteiger partial charge in [-0.25, -0.2) is 0 Å². The normalized spacial score (nSPS) is 21.0. The largest absolute Gasteiger partial charge is 0.497 e. The highest BCUT2D eigenvalue weighted by Gasteiger charge is 2.38. The van der Waals surface area contributed by atoms with Crippen LogP contribution in [0.3, 0.4) is 0 Å². The topological polar surface area (TPSA) is 57.7 Å². The molecule has 6 nitrogen and oxygen atoms in total. The smallest absolute Gasteiger partial charge is 0.224 e. The van der Waals surface area contributed by atoms with E-state index < -0.39 is 0 Å². The summed E-state index contributed by atoms with van der Waals surface area (Å²) in [5.74, 6) is 3.40. The summed E-state index contributed by atoms with van der Waals surface area (Å²) in [4.78, 5) is 17.3. The molecule has 7 heteroatoms. The van der Waals surface area contributed by atoms with Gasteiger partial charge in [0.05, 0.1) is 18.2 Å². The summed E-state index contributed by atoms with van der Waals surface area (Å²) >= 11 is 1.59. The molecule has 1 aromatic heterocycles. The van der Waals surface area contributed by atoms with Crippen molar-refractivity contribution in [2.24, 2.45) is 11.8 Å². The first-order chi connectivity index (χ1) is 15.7. The van der Waals surface area contributed by atoms with Gasteiger partial charge in [-0.2, -0.15) is 4.37 Å². The summed E-state index contributed by atoms with van der Waals surface area (Å²) in [5, 5.41) is 4.40. The lowest BCUT2D eigenvalue weighted by molar-refractivity contribution is -0.120. The first-order valence-electron chi connectivity index (χ1n) is 11.4. The maximum atomic E-state index is 12.3. The van der Waals surface area contributed by atoms with Crippen molar-refractivity contribution in [3.8, 4) is 5.75 Å². The van der Waals surface area contributed by atoms with Crippen molar-refractivity contribution in [1.82, 2.24) is 14.6 Å². The van der Waals surface area contributed by atoms with Gasteiger partial charge in [0.15, 0.2) is 0 Å². The minimum Gasteiger partial charge on any atom is -0.497 e. The van der Waals surface area contributed by atoms with Crippen LogP contribution in [0.25, 0.3) is 10.1 Å². The second-order valence-electron chi connectivity index (χ2n) is 8.87. The number of nitrogens with zero attached hydrogens (tertiary/aromatic N) is 3. The Bertz CT molecular complexity index is 1060. The Kier molecular flexibility index (Phi) is 6.28. The van der Waals surface area contributed by atoms with E-state index >= 15 is 0 Å². The van der Waals surface area contributed by atoms with Gasteiger partial charge in [0, 0.05) is 44.7 Å². The van der Waals surface area contributed by atoms with E-state index in [-0.39, 0.29) is 5.91 Å². The summed E-state index contributed by atoms with van der Waals surface area (Å²) < 4.78 is 11.1. The molecule has 1 aliphatic heterocycles. The number of anilines is 1. The number of carbonyl (C=O) groups is 1. The summed E-state index contributed by atoms with van der Waals surface area (Å²) in [7, 11) is 1.65. The summed E-state index contributed by atoms with van der Waals surface area (Å²) in [5.41, 5.74) is 1.02. The number of carbonyl (C=O) groups excluding carboxylic acids is 1. The van der Waals surface area contributed by atoms with Gasteiger partial charge >= 0.3 is 0 Å². The van der Waals surface area contributed by atoms with Crippen molar-refractivity contribution in [1.29, 1.82) is 0 Å². The number of hydrogen-bond donors (Lipinski definition) is 1. The van der Waals surface area contributed by atoms with Crippen LogP contribution in [0.2, 0.25) is 0 Å². The predicted molar refractivity (Wildman–Crippen MR) is 130 cm³/mol. The molecule has 2 heterocycles. The fraction of sp³-hybridized carbons (Fsp3) is 0.440. The second kappa shape index (κ2) is 9.46. The van der Waals surface area contributed by atoms with E-state index in [1.807, 2.05) is 24.3 Å². The van der Waals surface area contributed by atoms with Crippen molar-refractivity contribution < 1.29 is 9.53 Å². The Hall–Kier alpha value is -2.64. The molecule has 1 N–H and O–H groups in total. The van der Waals surface area contributed by atoms with Crippen LogP contribution in [0.4, 0.5) is 5.82 Å². The number of hydrogen-bond acceptors (Lipinski definition) is 6. The maximum Gasteiger partial charge on any atom is 0.224 e. The van der Waals surface area contributed by atoms with Gasteiger partial charge in [-0.15, -0.1) is 0 Å². The molecule has 0 bridgehead atoms. The third-order valence-corrected chi connectivity index (χ3v) is 7.49. The molecule has 5 rings (SSSR count).